The van der Waals surface area contributed by atoms with Crippen molar-refractivity contribution in [2.24, 2.45) is 5.92 Å². The van der Waals surface area contributed by atoms with Crippen LogP contribution in [-0.2, 0) is 24.3 Å². The van der Waals surface area contributed by atoms with E-state index in [0.29, 0.717) is 0 Å². The first-order valence-electron chi connectivity index (χ1n) is 5.55. The summed E-state index contributed by atoms with van der Waals surface area (Å²) in [5, 5.41) is 8.61. The van der Waals surface area contributed by atoms with Crippen molar-refractivity contribution in [2.75, 3.05) is 19.4 Å². The van der Waals surface area contributed by atoms with Crippen LogP contribution in [0, 0.1) is 5.92 Å². The van der Waals surface area contributed by atoms with E-state index in [1.165, 1.54) is 14.0 Å². The summed E-state index contributed by atoms with van der Waals surface area (Å²) in [5.41, 5.74) is 0. The summed E-state index contributed by atoms with van der Waals surface area (Å²) in [6.45, 7) is 1.59. The van der Waals surface area contributed by atoms with E-state index in [1.807, 2.05) is 0 Å². The Kier molecular flexibility index (Phi) is 7.53. The number of carbonyl (C=O) groups is 2. The molecule has 0 amide bonds. The van der Waals surface area contributed by atoms with Gasteiger partial charge in [-0.05, 0) is 12.8 Å². The number of ether oxygens (including phenoxy) is 1. The van der Waals surface area contributed by atoms with Gasteiger partial charge in [0.05, 0.1) is 18.8 Å². The van der Waals surface area contributed by atoms with E-state index in [9.17, 15) is 18.0 Å². The number of hydrogen-bond donors (Lipinski definition) is 2. The van der Waals surface area contributed by atoms with Crippen LogP contribution in [-0.4, -0.2) is 44.9 Å². The molecule has 0 aromatic rings. The average molecular weight is 281 g/mol. The second kappa shape index (κ2) is 8.04. The lowest BCUT2D eigenvalue weighted by Crippen LogP contribution is -2.29. The van der Waals surface area contributed by atoms with Crippen molar-refractivity contribution in [3.63, 3.8) is 0 Å². The Hall–Kier alpha value is -1.15. The molecule has 0 radical (unpaired) electrons. The van der Waals surface area contributed by atoms with E-state index in [2.05, 4.69) is 9.46 Å². The first-order chi connectivity index (χ1) is 8.28. The van der Waals surface area contributed by atoms with E-state index < -0.39 is 27.9 Å². The maximum atomic E-state index is 11.4. The van der Waals surface area contributed by atoms with E-state index >= 15 is 0 Å². The number of carboxylic acids is 1. The molecule has 0 saturated carbocycles. The minimum atomic E-state index is -3.46. The van der Waals surface area contributed by atoms with Crippen LogP contribution in [0.5, 0.6) is 0 Å². The molecule has 8 heteroatoms. The van der Waals surface area contributed by atoms with Crippen molar-refractivity contribution in [3.05, 3.63) is 0 Å². The molecule has 0 saturated heterocycles. The standard InChI is InChI=1S/C10H19NO6S/c1-8(10(13)14)5-6-11-18(15,16)7-3-4-9(12)17-2/h8,11H,3-7H2,1-2H3,(H,13,14). The lowest BCUT2D eigenvalue weighted by atomic mass is 10.1. The molecule has 106 valence electrons. The molecule has 0 aromatic heterocycles. The van der Waals surface area contributed by atoms with Crippen LogP contribution < -0.4 is 4.72 Å². The Morgan fingerprint density at radius 1 is 1.39 bits per heavy atom. The van der Waals surface area contributed by atoms with Crippen LogP contribution in [0.1, 0.15) is 26.2 Å². The highest BCUT2D eigenvalue weighted by molar-refractivity contribution is 7.89. The molecule has 0 rings (SSSR count). The van der Waals surface area contributed by atoms with Crippen molar-refractivity contribution < 1.29 is 27.9 Å². The van der Waals surface area contributed by atoms with Crippen LogP contribution in [0.3, 0.4) is 0 Å². The van der Waals surface area contributed by atoms with Gasteiger partial charge in [0.2, 0.25) is 10.0 Å². The summed E-state index contributed by atoms with van der Waals surface area (Å²) in [6, 6.07) is 0. The third kappa shape index (κ3) is 8.02. The van der Waals surface area contributed by atoms with Crippen LogP contribution in [0.15, 0.2) is 0 Å². The largest absolute Gasteiger partial charge is 0.481 e. The third-order valence-electron chi connectivity index (χ3n) is 2.34. The Bertz CT molecular complexity index is 378. The molecule has 0 aliphatic rings. The van der Waals surface area contributed by atoms with Gasteiger partial charge in [0, 0.05) is 13.0 Å². The summed E-state index contributed by atoms with van der Waals surface area (Å²) in [6.07, 6.45) is 0.449. The number of carboxylic acid groups (broad SMARTS) is 1. The van der Waals surface area contributed by atoms with Gasteiger partial charge in [-0.2, -0.15) is 0 Å². The SMILES string of the molecule is COC(=O)CCCS(=O)(=O)NCCC(C)C(=O)O. The van der Waals surface area contributed by atoms with Gasteiger partial charge in [-0.25, -0.2) is 13.1 Å². The third-order valence-corrected chi connectivity index (χ3v) is 3.81. The van der Waals surface area contributed by atoms with Crippen LogP contribution in [0.4, 0.5) is 0 Å². The molecule has 0 spiro atoms. The quantitative estimate of drug-likeness (QED) is 0.574. The topological polar surface area (TPSA) is 110 Å². The van der Waals surface area contributed by atoms with Crippen molar-refractivity contribution in [2.45, 2.75) is 26.2 Å². The van der Waals surface area contributed by atoms with Gasteiger partial charge in [0.25, 0.3) is 0 Å². The van der Waals surface area contributed by atoms with E-state index in [4.69, 9.17) is 5.11 Å². The number of hydrogen-bond acceptors (Lipinski definition) is 5. The maximum Gasteiger partial charge on any atom is 0.306 e. The van der Waals surface area contributed by atoms with E-state index in [0.717, 1.165) is 0 Å². The van der Waals surface area contributed by atoms with Crippen molar-refractivity contribution >= 4 is 22.0 Å². The highest BCUT2D eigenvalue weighted by atomic mass is 32.2. The van der Waals surface area contributed by atoms with Gasteiger partial charge in [-0.1, -0.05) is 6.92 Å². The lowest BCUT2D eigenvalue weighted by molar-refractivity contribution is -0.141. The molecule has 0 aliphatic heterocycles. The highest BCUT2D eigenvalue weighted by Gasteiger charge is 2.14. The normalized spacial score (nSPS) is 13.0. The van der Waals surface area contributed by atoms with E-state index in [1.54, 1.807) is 0 Å². The molecule has 0 fully saturated rings. The van der Waals surface area contributed by atoms with Gasteiger partial charge >= 0.3 is 11.9 Å². The zero-order valence-corrected chi connectivity index (χ0v) is 11.3. The smallest absolute Gasteiger partial charge is 0.306 e. The first kappa shape index (κ1) is 16.9. The van der Waals surface area contributed by atoms with Crippen molar-refractivity contribution in [3.8, 4) is 0 Å². The monoisotopic (exact) mass is 281 g/mol. The lowest BCUT2D eigenvalue weighted by Gasteiger charge is -2.08. The minimum absolute atomic E-state index is 0.0446. The second-order valence-electron chi connectivity index (χ2n) is 3.92. The van der Waals surface area contributed by atoms with Gasteiger partial charge in [0.15, 0.2) is 0 Å². The predicted molar refractivity (Wildman–Crippen MR) is 64.5 cm³/mol. The van der Waals surface area contributed by atoms with Gasteiger partial charge in [-0.15, -0.1) is 0 Å². The number of carbonyl (C=O) groups excluding carboxylic acids is 1. The minimum Gasteiger partial charge on any atom is -0.481 e. The second-order valence-corrected chi connectivity index (χ2v) is 5.85. The zero-order valence-electron chi connectivity index (χ0n) is 10.5. The Morgan fingerprint density at radius 3 is 2.50 bits per heavy atom. The van der Waals surface area contributed by atoms with Crippen LogP contribution in [0.2, 0.25) is 0 Å². The van der Waals surface area contributed by atoms with Gasteiger partial charge in [-0.3, -0.25) is 9.59 Å². The molecule has 1 unspecified atom stereocenters. The van der Waals surface area contributed by atoms with Crippen LogP contribution in [0.25, 0.3) is 0 Å². The number of rotatable bonds is 9. The fourth-order valence-corrected chi connectivity index (χ4v) is 2.23. The van der Waals surface area contributed by atoms with Crippen molar-refractivity contribution in [1.29, 1.82) is 0 Å². The van der Waals surface area contributed by atoms with Crippen LogP contribution >= 0.6 is 0 Å². The van der Waals surface area contributed by atoms with Gasteiger partial charge < -0.3 is 9.84 Å². The molecule has 1 atom stereocenters. The molecule has 18 heavy (non-hydrogen) atoms. The molecule has 0 heterocycles. The molecular formula is C10H19NO6S. The summed E-state index contributed by atoms with van der Waals surface area (Å²) in [4.78, 5) is 21.3. The molecule has 2 N–H and O–H groups in total. The number of nitrogens with one attached hydrogen (secondary N) is 1. The molecule has 0 aliphatic carbocycles. The Balaban J connectivity index is 3.87. The maximum absolute atomic E-state index is 11.4. The molecule has 0 bridgehead atoms. The average Bonchev–Trinajstić information content (AvgIpc) is 2.27. The number of methoxy groups -OCH3 is 1. The molecule has 0 aromatic carbocycles. The Morgan fingerprint density at radius 2 is 2.00 bits per heavy atom. The zero-order chi connectivity index (χ0) is 14.2. The molecular weight excluding hydrogens is 262 g/mol. The fourth-order valence-electron chi connectivity index (χ4n) is 1.14. The highest BCUT2D eigenvalue weighted by Crippen LogP contribution is 2.01. The molecule has 7 nitrogen and oxygen atoms in total. The number of esters is 1. The Labute approximate surface area is 107 Å². The number of aliphatic carboxylic acids is 1. The van der Waals surface area contributed by atoms with E-state index in [-0.39, 0.29) is 31.6 Å². The van der Waals surface area contributed by atoms with Gasteiger partial charge in [0.1, 0.15) is 0 Å². The number of sulfonamides is 1. The summed E-state index contributed by atoms with van der Waals surface area (Å²) < 4.78 is 29.6. The fraction of sp³-hybridized carbons (Fsp3) is 0.800. The first-order valence-corrected chi connectivity index (χ1v) is 7.20. The summed E-state index contributed by atoms with van der Waals surface area (Å²) in [7, 11) is -2.22. The summed E-state index contributed by atoms with van der Waals surface area (Å²) in [5.74, 6) is -2.18. The predicted octanol–water partition coefficient (Wildman–Crippen LogP) is -0.0302. The van der Waals surface area contributed by atoms with Crippen molar-refractivity contribution in [1.82, 2.24) is 4.72 Å². The summed E-state index contributed by atoms with van der Waals surface area (Å²) >= 11 is 0.